The van der Waals surface area contributed by atoms with Gasteiger partial charge in [-0.1, -0.05) is 48.0 Å². The predicted molar refractivity (Wildman–Crippen MR) is 130 cm³/mol. The predicted octanol–water partition coefficient (Wildman–Crippen LogP) is 3.90. The fourth-order valence-electron chi connectivity index (χ4n) is 4.26. The van der Waals surface area contributed by atoms with E-state index in [1.165, 1.54) is 4.90 Å². The summed E-state index contributed by atoms with van der Waals surface area (Å²) >= 11 is 6.48. The third-order valence-corrected chi connectivity index (χ3v) is 6.47. The summed E-state index contributed by atoms with van der Waals surface area (Å²) in [4.78, 5) is 36.9. The number of fused-ring (bicyclic) bond motifs is 1. The van der Waals surface area contributed by atoms with E-state index in [0.29, 0.717) is 41.8 Å². The molecular formula is C24H23ClN6O3. The number of nitrogens with one attached hydrogen (secondary N) is 2. The van der Waals surface area contributed by atoms with Crippen LogP contribution in [0.25, 0.3) is 22.3 Å². The number of amides is 1. The van der Waals surface area contributed by atoms with Crippen LogP contribution in [0.1, 0.15) is 12.0 Å². The SMILES string of the molecule is O=C(O)N1CCC(CNc2ncc3[nH]c(=O)n(Cc4cc(-c5ccccc5)ccc4Cl)c3n2)C1. The summed E-state index contributed by atoms with van der Waals surface area (Å²) in [5, 5.41) is 12.9. The van der Waals surface area contributed by atoms with Gasteiger partial charge in [0.25, 0.3) is 0 Å². The van der Waals surface area contributed by atoms with E-state index in [2.05, 4.69) is 20.3 Å². The second-order valence-electron chi connectivity index (χ2n) is 8.38. The number of imidazole rings is 1. The highest BCUT2D eigenvalue weighted by molar-refractivity contribution is 6.31. The molecule has 1 unspecified atom stereocenters. The Hall–Kier alpha value is -3.85. The molecule has 174 valence electrons. The van der Waals surface area contributed by atoms with E-state index < -0.39 is 6.09 Å². The first-order chi connectivity index (χ1) is 16.5. The number of aromatic amines is 1. The number of benzene rings is 2. The number of likely N-dealkylation sites (tertiary alicyclic amines) is 1. The lowest BCUT2D eigenvalue weighted by Crippen LogP contribution is -2.28. The minimum atomic E-state index is -0.897. The first-order valence-electron chi connectivity index (χ1n) is 11.0. The summed E-state index contributed by atoms with van der Waals surface area (Å²) in [5.41, 5.74) is 3.59. The zero-order chi connectivity index (χ0) is 23.7. The van der Waals surface area contributed by atoms with Crippen LogP contribution in [0.5, 0.6) is 0 Å². The van der Waals surface area contributed by atoms with Gasteiger partial charge in [-0.15, -0.1) is 0 Å². The molecule has 3 N–H and O–H groups in total. The number of carbonyl (C=O) groups is 1. The van der Waals surface area contributed by atoms with Gasteiger partial charge in [0.2, 0.25) is 5.95 Å². The maximum atomic E-state index is 12.7. The Morgan fingerprint density at radius 3 is 2.79 bits per heavy atom. The summed E-state index contributed by atoms with van der Waals surface area (Å²) in [6, 6.07) is 15.7. The molecule has 2 aromatic carbocycles. The molecule has 0 radical (unpaired) electrons. The maximum Gasteiger partial charge on any atom is 0.407 e. The van der Waals surface area contributed by atoms with Gasteiger partial charge in [-0.05, 0) is 41.2 Å². The fraction of sp³-hybridized carbons (Fsp3) is 0.250. The standard InChI is InChI=1S/C24H23ClN6O3/c25-19-7-6-17(16-4-2-1-3-5-16)10-18(19)14-31-21-20(28-23(31)32)12-27-22(29-21)26-11-15-8-9-30(13-15)24(33)34/h1-7,10,12,15H,8-9,11,13-14H2,(H,28,32)(H,33,34)(H,26,27,29). The quantitative estimate of drug-likeness (QED) is 0.387. The molecular weight excluding hydrogens is 456 g/mol. The average Bonchev–Trinajstić information content (AvgIpc) is 3.44. The molecule has 1 saturated heterocycles. The molecule has 0 spiro atoms. The molecule has 34 heavy (non-hydrogen) atoms. The number of nitrogens with zero attached hydrogens (tertiary/aromatic N) is 4. The average molecular weight is 479 g/mol. The number of aromatic nitrogens is 4. The summed E-state index contributed by atoms with van der Waals surface area (Å²) < 4.78 is 1.54. The number of H-pyrrole nitrogens is 1. The van der Waals surface area contributed by atoms with Crippen LogP contribution < -0.4 is 11.0 Å². The summed E-state index contributed by atoms with van der Waals surface area (Å²) in [7, 11) is 0. The minimum absolute atomic E-state index is 0.184. The molecule has 1 aliphatic heterocycles. The third-order valence-electron chi connectivity index (χ3n) is 6.10. The number of hydrogen-bond acceptors (Lipinski definition) is 5. The normalized spacial score (nSPS) is 15.7. The molecule has 5 rings (SSSR count). The fourth-order valence-corrected chi connectivity index (χ4v) is 4.44. The first kappa shape index (κ1) is 22.0. The molecule has 1 fully saturated rings. The van der Waals surface area contributed by atoms with Crippen LogP contribution in [-0.2, 0) is 6.54 Å². The molecule has 1 aliphatic rings. The molecule has 0 aliphatic carbocycles. The van der Waals surface area contributed by atoms with Crippen molar-refractivity contribution in [3.8, 4) is 11.1 Å². The van der Waals surface area contributed by atoms with Gasteiger partial charge in [-0.2, -0.15) is 4.98 Å². The lowest BCUT2D eigenvalue weighted by Gasteiger charge is -2.13. The summed E-state index contributed by atoms with van der Waals surface area (Å²) in [5.74, 6) is 0.571. The molecule has 10 heteroatoms. The van der Waals surface area contributed by atoms with Crippen LogP contribution in [0, 0.1) is 5.92 Å². The van der Waals surface area contributed by atoms with Crippen LogP contribution in [-0.4, -0.2) is 55.3 Å². The maximum absolute atomic E-state index is 12.7. The summed E-state index contributed by atoms with van der Waals surface area (Å²) in [6.07, 6.45) is 1.46. The van der Waals surface area contributed by atoms with E-state index in [9.17, 15) is 9.59 Å². The van der Waals surface area contributed by atoms with Crippen molar-refractivity contribution in [2.45, 2.75) is 13.0 Å². The van der Waals surface area contributed by atoms with Gasteiger partial charge >= 0.3 is 11.8 Å². The number of rotatable bonds is 6. The van der Waals surface area contributed by atoms with Gasteiger partial charge in [0, 0.05) is 24.7 Å². The summed E-state index contributed by atoms with van der Waals surface area (Å²) in [6.45, 7) is 1.82. The van der Waals surface area contributed by atoms with Crippen LogP contribution in [0.2, 0.25) is 5.02 Å². The van der Waals surface area contributed by atoms with Gasteiger partial charge in [-0.25, -0.2) is 14.6 Å². The number of carboxylic acid groups (broad SMARTS) is 1. The lowest BCUT2D eigenvalue weighted by atomic mass is 10.0. The molecule has 2 aromatic heterocycles. The van der Waals surface area contributed by atoms with Gasteiger partial charge in [0.1, 0.15) is 5.52 Å². The smallest absolute Gasteiger partial charge is 0.407 e. The van der Waals surface area contributed by atoms with Crippen molar-refractivity contribution in [2.75, 3.05) is 25.0 Å². The molecule has 1 atom stereocenters. The van der Waals surface area contributed by atoms with Gasteiger partial charge in [0.15, 0.2) is 5.65 Å². The van der Waals surface area contributed by atoms with E-state index in [-0.39, 0.29) is 18.2 Å². The van der Waals surface area contributed by atoms with Crippen LogP contribution in [0.3, 0.4) is 0 Å². The highest BCUT2D eigenvalue weighted by atomic mass is 35.5. The first-order valence-corrected chi connectivity index (χ1v) is 11.4. The largest absolute Gasteiger partial charge is 0.465 e. The number of halogens is 1. The Labute approximate surface area is 200 Å². The number of anilines is 1. The van der Waals surface area contributed by atoms with Crippen molar-refractivity contribution in [3.05, 3.63) is 75.8 Å². The zero-order valence-electron chi connectivity index (χ0n) is 18.2. The second kappa shape index (κ2) is 9.18. The minimum Gasteiger partial charge on any atom is -0.465 e. The van der Waals surface area contributed by atoms with Crippen molar-refractivity contribution in [3.63, 3.8) is 0 Å². The molecule has 0 saturated carbocycles. The Kier molecular flexibility index (Phi) is 5.93. The van der Waals surface area contributed by atoms with E-state index in [4.69, 9.17) is 16.7 Å². The highest BCUT2D eigenvalue weighted by Crippen LogP contribution is 2.26. The Balaban J connectivity index is 1.38. The van der Waals surface area contributed by atoms with Gasteiger partial charge in [0.05, 0.1) is 12.7 Å². The van der Waals surface area contributed by atoms with Crippen LogP contribution in [0.15, 0.2) is 59.5 Å². The monoisotopic (exact) mass is 478 g/mol. The highest BCUT2D eigenvalue weighted by Gasteiger charge is 2.25. The van der Waals surface area contributed by atoms with E-state index in [1.807, 2.05) is 48.5 Å². The second-order valence-corrected chi connectivity index (χ2v) is 8.79. The van der Waals surface area contributed by atoms with Crippen molar-refractivity contribution in [1.82, 2.24) is 24.4 Å². The van der Waals surface area contributed by atoms with Gasteiger partial charge < -0.3 is 20.3 Å². The van der Waals surface area contributed by atoms with E-state index in [1.54, 1.807) is 10.8 Å². The number of hydrogen-bond donors (Lipinski definition) is 3. The van der Waals surface area contributed by atoms with Crippen LogP contribution in [0.4, 0.5) is 10.7 Å². The Bertz CT molecular complexity index is 1400. The molecule has 3 heterocycles. The van der Waals surface area contributed by atoms with Gasteiger partial charge in [-0.3, -0.25) is 4.57 Å². The van der Waals surface area contributed by atoms with E-state index in [0.717, 1.165) is 23.1 Å². The van der Waals surface area contributed by atoms with Crippen LogP contribution >= 0.6 is 11.6 Å². The lowest BCUT2D eigenvalue weighted by molar-refractivity contribution is 0.154. The Morgan fingerprint density at radius 2 is 2.03 bits per heavy atom. The van der Waals surface area contributed by atoms with Crippen molar-refractivity contribution < 1.29 is 9.90 Å². The molecule has 0 bridgehead atoms. The van der Waals surface area contributed by atoms with Crippen molar-refractivity contribution in [2.24, 2.45) is 5.92 Å². The molecule has 4 aromatic rings. The topological polar surface area (TPSA) is 116 Å². The Morgan fingerprint density at radius 1 is 1.21 bits per heavy atom. The zero-order valence-corrected chi connectivity index (χ0v) is 19.0. The molecule has 1 amide bonds. The molecule has 9 nitrogen and oxygen atoms in total. The van der Waals surface area contributed by atoms with Crippen molar-refractivity contribution in [1.29, 1.82) is 0 Å². The van der Waals surface area contributed by atoms with E-state index >= 15 is 0 Å². The van der Waals surface area contributed by atoms with Crippen molar-refractivity contribution >= 4 is 34.8 Å². The third kappa shape index (κ3) is 4.47.